The monoisotopic (exact) mass is 217 g/mol. The number of aryl methyl sites for hydroxylation is 1. The van der Waals surface area contributed by atoms with Crippen molar-refractivity contribution in [3.05, 3.63) is 28.8 Å². The van der Waals surface area contributed by atoms with Gasteiger partial charge in [-0.25, -0.2) is 0 Å². The van der Waals surface area contributed by atoms with E-state index in [1.165, 1.54) is 0 Å². The molecule has 1 aromatic carbocycles. The van der Waals surface area contributed by atoms with Crippen molar-refractivity contribution in [2.45, 2.75) is 31.8 Å². The summed E-state index contributed by atoms with van der Waals surface area (Å²) in [5.74, 6) is 0.117. The molecular weight excluding hydrogens is 202 g/mol. The average Bonchev–Trinajstić information content (AvgIpc) is 2.89. The van der Waals surface area contributed by atoms with Gasteiger partial charge in [-0.2, -0.15) is 0 Å². The van der Waals surface area contributed by atoms with Gasteiger partial charge in [0.1, 0.15) is 0 Å². The fraction of sp³-hybridized carbons (Fsp3) is 0.462. The van der Waals surface area contributed by atoms with Crippen LogP contribution in [0.5, 0.6) is 0 Å². The number of hydrogen-bond acceptors (Lipinski definition) is 2. The predicted octanol–water partition coefficient (Wildman–Crippen LogP) is 1.50. The Balaban J connectivity index is 2.23. The van der Waals surface area contributed by atoms with Gasteiger partial charge in [0.15, 0.2) is 0 Å². The van der Waals surface area contributed by atoms with Gasteiger partial charge in [-0.05, 0) is 25.3 Å². The van der Waals surface area contributed by atoms with Gasteiger partial charge in [-0.3, -0.25) is 4.79 Å². The fourth-order valence-corrected chi connectivity index (χ4v) is 2.53. The number of fused-ring (bicyclic) bond motifs is 1. The van der Waals surface area contributed by atoms with E-state index < -0.39 is 5.60 Å². The molecule has 1 N–H and O–H groups in total. The number of nitrogens with zero attached hydrogens (tertiary/aromatic N) is 1. The highest BCUT2D eigenvalue weighted by Crippen LogP contribution is 2.51. The van der Waals surface area contributed by atoms with Crippen molar-refractivity contribution in [3.8, 4) is 0 Å². The maximum atomic E-state index is 11.7. The van der Waals surface area contributed by atoms with Crippen LogP contribution in [0, 0.1) is 6.92 Å². The molecule has 3 nitrogen and oxygen atoms in total. The van der Waals surface area contributed by atoms with E-state index in [2.05, 4.69) is 0 Å². The smallest absolute Gasteiger partial charge is 0.231 e. The Morgan fingerprint density at radius 2 is 2.06 bits per heavy atom. The molecule has 3 heteroatoms. The van der Waals surface area contributed by atoms with Crippen LogP contribution in [0.25, 0.3) is 0 Å². The lowest BCUT2D eigenvalue weighted by molar-refractivity contribution is -0.117. The first-order chi connectivity index (χ1) is 7.51. The Morgan fingerprint density at radius 1 is 1.38 bits per heavy atom. The number of rotatable bonds is 1. The summed E-state index contributed by atoms with van der Waals surface area (Å²) in [4.78, 5) is 13.4. The molecule has 3 rings (SSSR count). The molecule has 0 aromatic heterocycles. The largest absolute Gasteiger partial charge is 0.385 e. The zero-order valence-electron chi connectivity index (χ0n) is 9.58. The van der Waals surface area contributed by atoms with Gasteiger partial charge >= 0.3 is 0 Å². The highest BCUT2D eigenvalue weighted by Gasteiger charge is 2.46. The van der Waals surface area contributed by atoms with Crippen molar-refractivity contribution in [1.29, 1.82) is 0 Å². The van der Waals surface area contributed by atoms with E-state index in [0.717, 1.165) is 35.2 Å². The van der Waals surface area contributed by atoms with Crippen molar-refractivity contribution in [1.82, 2.24) is 0 Å². The maximum absolute atomic E-state index is 11.7. The number of aliphatic hydroxyl groups is 1. The van der Waals surface area contributed by atoms with E-state index in [0.29, 0.717) is 6.42 Å². The number of benzene rings is 1. The topological polar surface area (TPSA) is 40.5 Å². The highest BCUT2D eigenvalue weighted by molar-refractivity contribution is 6.02. The zero-order valence-corrected chi connectivity index (χ0v) is 9.58. The van der Waals surface area contributed by atoms with Gasteiger partial charge in [0.2, 0.25) is 5.91 Å². The van der Waals surface area contributed by atoms with Gasteiger partial charge in [0.05, 0.1) is 17.7 Å². The summed E-state index contributed by atoms with van der Waals surface area (Å²) < 4.78 is 0. The van der Waals surface area contributed by atoms with Crippen molar-refractivity contribution >= 4 is 11.6 Å². The molecule has 1 heterocycles. The molecule has 1 aliphatic heterocycles. The first-order valence-corrected chi connectivity index (χ1v) is 5.64. The molecule has 0 radical (unpaired) electrons. The van der Waals surface area contributed by atoms with E-state index >= 15 is 0 Å². The molecule has 0 atom stereocenters. The second kappa shape index (κ2) is 2.86. The van der Waals surface area contributed by atoms with Crippen LogP contribution in [0.3, 0.4) is 0 Å². The summed E-state index contributed by atoms with van der Waals surface area (Å²) in [6.45, 7) is 2.01. The quantitative estimate of drug-likeness (QED) is 0.774. The van der Waals surface area contributed by atoms with Gasteiger partial charge in [-0.15, -0.1) is 0 Å². The summed E-state index contributed by atoms with van der Waals surface area (Å²) >= 11 is 0. The maximum Gasteiger partial charge on any atom is 0.231 e. The molecule has 0 spiro atoms. The van der Waals surface area contributed by atoms with E-state index in [-0.39, 0.29) is 5.91 Å². The molecule has 84 valence electrons. The minimum Gasteiger partial charge on any atom is -0.385 e. The zero-order chi connectivity index (χ0) is 11.5. The summed E-state index contributed by atoms with van der Waals surface area (Å²) in [5.41, 5.74) is 3.39. The second-order valence-electron chi connectivity index (χ2n) is 4.98. The van der Waals surface area contributed by atoms with E-state index in [1.807, 2.05) is 19.1 Å². The summed E-state index contributed by atoms with van der Waals surface area (Å²) in [6, 6.07) is 4.06. The lowest BCUT2D eigenvalue weighted by Gasteiger charge is -2.19. The summed E-state index contributed by atoms with van der Waals surface area (Å²) in [7, 11) is 1.79. The minimum absolute atomic E-state index is 0.117. The Labute approximate surface area is 94.7 Å². The van der Waals surface area contributed by atoms with Crippen LogP contribution in [-0.4, -0.2) is 18.1 Å². The van der Waals surface area contributed by atoms with Crippen LogP contribution >= 0.6 is 0 Å². The molecular formula is C13H15NO2. The van der Waals surface area contributed by atoms with Crippen molar-refractivity contribution < 1.29 is 9.90 Å². The first-order valence-electron chi connectivity index (χ1n) is 5.64. The van der Waals surface area contributed by atoms with Crippen LogP contribution in [0.1, 0.15) is 29.5 Å². The molecule has 16 heavy (non-hydrogen) atoms. The molecule has 1 aliphatic carbocycles. The normalized spacial score (nSPS) is 21.2. The lowest BCUT2D eigenvalue weighted by atomic mass is 9.98. The molecule has 0 bridgehead atoms. The van der Waals surface area contributed by atoms with Crippen LogP contribution < -0.4 is 4.90 Å². The molecule has 0 unspecified atom stereocenters. The standard InChI is InChI=1S/C13H15NO2/c1-8-5-9-7-11(15)14(2)12(9)10(6-8)13(16)3-4-13/h5-6,16H,3-4,7H2,1-2H3. The molecule has 1 aromatic rings. The van der Waals surface area contributed by atoms with Crippen molar-refractivity contribution in [3.63, 3.8) is 0 Å². The SMILES string of the molecule is Cc1cc2c(c(C3(O)CC3)c1)N(C)C(=O)C2. The Hall–Kier alpha value is -1.35. The number of anilines is 1. The third-order valence-electron chi connectivity index (χ3n) is 3.61. The van der Waals surface area contributed by atoms with E-state index in [9.17, 15) is 9.90 Å². The van der Waals surface area contributed by atoms with Crippen molar-refractivity contribution in [2.75, 3.05) is 11.9 Å². The van der Waals surface area contributed by atoms with Crippen molar-refractivity contribution in [2.24, 2.45) is 0 Å². The minimum atomic E-state index is -0.672. The van der Waals surface area contributed by atoms with Crippen LogP contribution in [0.2, 0.25) is 0 Å². The van der Waals surface area contributed by atoms with Gasteiger partial charge in [-0.1, -0.05) is 17.7 Å². The number of hydrogen-bond donors (Lipinski definition) is 1. The average molecular weight is 217 g/mol. The number of carbonyl (C=O) groups excluding carboxylic acids is 1. The van der Waals surface area contributed by atoms with Crippen LogP contribution in [0.4, 0.5) is 5.69 Å². The molecule has 1 amide bonds. The molecule has 1 fully saturated rings. The number of likely N-dealkylation sites (N-methyl/N-ethyl adjacent to an activating group) is 1. The Morgan fingerprint density at radius 3 is 2.69 bits per heavy atom. The van der Waals surface area contributed by atoms with Gasteiger partial charge in [0, 0.05) is 12.6 Å². The first kappa shape index (κ1) is 9.85. The third-order valence-corrected chi connectivity index (χ3v) is 3.61. The second-order valence-corrected chi connectivity index (χ2v) is 4.98. The Kier molecular flexibility index (Phi) is 1.76. The third kappa shape index (κ3) is 1.21. The van der Waals surface area contributed by atoms with E-state index in [1.54, 1.807) is 11.9 Å². The van der Waals surface area contributed by atoms with E-state index in [4.69, 9.17) is 0 Å². The lowest BCUT2D eigenvalue weighted by Crippen LogP contribution is -2.23. The fourth-order valence-electron chi connectivity index (χ4n) is 2.53. The number of carbonyl (C=O) groups is 1. The number of amides is 1. The highest BCUT2D eigenvalue weighted by atomic mass is 16.3. The molecule has 2 aliphatic rings. The van der Waals surface area contributed by atoms with Crippen LogP contribution in [0.15, 0.2) is 12.1 Å². The van der Waals surface area contributed by atoms with Gasteiger partial charge < -0.3 is 10.0 Å². The molecule has 0 saturated heterocycles. The summed E-state index contributed by atoms with van der Waals surface area (Å²) in [5, 5.41) is 10.3. The predicted molar refractivity (Wildman–Crippen MR) is 61.4 cm³/mol. The Bertz CT molecular complexity index is 489. The van der Waals surface area contributed by atoms with Crippen LogP contribution in [-0.2, 0) is 16.8 Å². The van der Waals surface area contributed by atoms with Gasteiger partial charge in [0.25, 0.3) is 0 Å². The molecule has 1 saturated carbocycles. The summed E-state index contributed by atoms with van der Waals surface area (Å²) in [6.07, 6.45) is 2.09.